The van der Waals surface area contributed by atoms with Crippen LogP contribution in [-0.2, 0) is 9.59 Å². The molecule has 0 radical (unpaired) electrons. The number of hydrogen-bond donors (Lipinski definition) is 3. The molecule has 1 amide bonds. The molecule has 3 N–H and O–H groups in total. The molecule has 0 heterocycles. The van der Waals surface area contributed by atoms with E-state index >= 15 is 0 Å². The van der Waals surface area contributed by atoms with Crippen LogP contribution in [0.1, 0.15) is 12.8 Å². The summed E-state index contributed by atoms with van der Waals surface area (Å²) >= 11 is 3.62. The van der Waals surface area contributed by atoms with E-state index in [0.717, 1.165) is 0 Å². The SMILES string of the molecule is CN[C@@H](CCC(N)=O)C(=O)S. The highest BCUT2D eigenvalue weighted by atomic mass is 32.1. The summed E-state index contributed by atoms with van der Waals surface area (Å²) in [5.74, 6) is -0.403. The minimum atomic E-state index is -0.403. The number of rotatable bonds is 5. The molecule has 0 aromatic carbocycles. The summed E-state index contributed by atoms with van der Waals surface area (Å²) in [7, 11) is 1.64. The summed E-state index contributed by atoms with van der Waals surface area (Å²) in [6, 6.07) is -0.370. The van der Waals surface area contributed by atoms with Gasteiger partial charge >= 0.3 is 0 Å². The average Bonchev–Trinajstić information content (AvgIpc) is 1.87. The maximum Gasteiger partial charge on any atom is 0.217 e. The van der Waals surface area contributed by atoms with Gasteiger partial charge in [0.1, 0.15) is 0 Å². The Bertz CT molecular complexity index is 161. The molecule has 0 saturated carbocycles. The summed E-state index contributed by atoms with van der Waals surface area (Å²) < 4.78 is 0. The summed E-state index contributed by atoms with van der Waals surface area (Å²) in [6.45, 7) is 0. The van der Waals surface area contributed by atoms with Gasteiger partial charge < -0.3 is 11.1 Å². The smallest absolute Gasteiger partial charge is 0.217 e. The van der Waals surface area contributed by atoms with Crippen molar-refractivity contribution in [3.05, 3.63) is 0 Å². The van der Waals surface area contributed by atoms with Crippen molar-refractivity contribution in [3.63, 3.8) is 0 Å². The normalized spacial score (nSPS) is 12.5. The molecular formula is C6H12N2O2S. The largest absolute Gasteiger partial charge is 0.370 e. The van der Waals surface area contributed by atoms with E-state index < -0.39 is 5.91 Å². The van der Waals surface area contributed by atoms with E-state index in [1.807, 2.05) is 0 Å². The van der Waals surface area contributed by atoms with Crippen molar-refractivity contribution in [1.29, 1.82) is 0 Å². The Balaban J connectivity index is 3.70. The zero-order chi connectivity index (χ0) is 8.85. The fraction of sp³-hybridized carbons (Fsp3) is 0.667. The van der Waals surface area contributed by atoms with Gasteiger partial charge in [-0.2, -0.15) is 0 Å². The molecule has 0 unspecified atom stereocenters. The molecule has 0 rings (SSSR count). The van der Waals surface area contributed by atoms with Crippen molar-refractivity contribution in [3.8, 4) is 0 Å². The molecule has 0 bridgehead atoms. The Hall–Kier alpha value is -0.550. The summed E-state index contributed by atoms with van der Waals surface area (Å²) in [5.41, 5.74) is 4.89. The van der Waals surface area contributed by atoms with Gasteiger partial charge in [-0.1, -0.05) is 0 Å². The van der Waals surface area contributed by atoms with Crippen LogP contribution in [-0.4, -0.2) is 24.1 Å². The predicted molar refractivity (Wildman–Crippen MR) is 45.3 cm³/mol. The van der Waals surface area contributed by atoms with Crippen LogP contribution in [0.2, 0.25) is 0 Å². The van der Waals surface area contributed by atoms with Crippen LogP contribution in [0.4, 0.5) is 0 Å². The number of likely N-dealkylation sites (N-methyl/N-ethyl adjacent to an activating group) is 1. The molecular weight excluding hydrogens is 164 g/mol. The summed E-state index contributed by atoms with van der Waals surface area (Å²) in [5, 5.41) is 2.45. The lowest BCUT2D eigenvalue weighted by atomic mass is 10.2. The van der Waals surface area contributed by atoms with Crippen molar-refractivity contribution < 1.29 is 9.59 Å². The quantitative estimate of drug-likeness (QED) is 0.485. The number of hydrogen-bond acceptors (Lipinski definition) is 3. The van der Waals surface area contributed by atoms with E-state index in [2.05, 4.69) is 17.9 Å². The molecule has 1 atom stereocenters. The molecule has 0 spiro atoms. The molecule has 0 aliphatic carbocycles. The highest BCUT2D eigenvalue weighted by Crippen LogP contribution is 1.99. The summed E-state index contributed by atoms with van der Waals surface area (Å²) in [4.78, 5) is 20.9. The maximum atomic E-state index is 10.6. The van der Waals surface area contributed by atoms with Crippen molar-refractivity contribution in [1.82, 2.24) is 5.32 Å². The molecule has 0 aromatic heterocycles. The van der Waals surface area contributed by atoms with E-state index in [1.165, 1.54) is 0 Å². The minimum absolute atomic E-state index is 0.206. The molecule has 0 aliphatic rings. The third-order valence-electron chi connectivity index (χ3n) is 1.33. The second-order valence-electron chi connectivity index (χ2n) is 2.18. The van der Waals surface area contributed by atoms with Crippen molar-refractivity contribution >= 4 is 23.7 Å². The second kappa shape index (κ2) is 5.15. The molecule has 0 fully saturated rings. The first-order chi connectivity index (χ1) is 5.07. The Morgan fingerprint density at radius 3 is 2.45 bits per heavy atom. The van der Waals surface area contributed by atoms with Crippen LogP contribution in [0.3, 0.4) is 0 Å². The van der Waals surface area contributed by atoms with Crippen molar-refractivity contribution in [2.75, 3.05) is 7.05 Å². The van der Waals surface area contributed by atoms with Gasteiger partial charge in [-0.3, -0.25) is 9.59 Å². The van der Waals surface area contributed by atoms with Crippen LogP contribution in [0.15, 0.2) is 0 Å². The fourth-order valence-corrected chi connectivity index (χ4v) is 0.936. The minimum Gasteiger partial charge on any atom is -0.370 e. The maximum absolute atomic E-state index is 10.6. The topological polar surface area (TPSA) is 72.2 Å². The predicted octanol–water partition coefficient (Wildman–Crippen LogP) is -0.704. The average molecular weight is 176 g/mol. The first-order valence-corrected chi connectivity index (χ1v) is 3.71. The van der Waals surface area contributed by atoms with Crippen molar-refractivity contribution in [2.45, 2.75) is 18.9 Å². The van der Waals surface area contributed by atoms with Crippen LogP contribution in [0.25, 0.3) is 0 Å². The van der Waals surface area contributed by atoms with E-state index in [0.29, 0.717) is 6.42 Å². The molecule has 11 heavy (non-hydrogen) atoms. The Morgan fingerprint density at radius 2 is 2.18 bits per heavy atom. The van der Waals surface area contributed by atoms with Gasteiger partial charge in [-0.25, -0.2) is 0 Å². The number of amides is 1. The Kier molecular flexibility index (Phi) is 4.89. The van der Waals surface area contributed by atoms with Gasteiger partial charge in [0.25, 0.3) is 0 Å². The van der Waals surface area contributed by atoms with E-state index in [1.54, 1.807) is 7.05 Å². The lowest BCUT2D eigenvalue weighted by Crippen LogP contribution is -2.32. The zero-order valence-corrected chi connectivity index (χ0v) is 7.23. The monoisotopic (exact) mass is 176 g/mol. The van der Waals surface area contributed by atoms with E-state index in [9.17, 15) is 9.59 Å². The second-order valence-corrected chi connectivity index (χ2v) is 2.63. The number of primary amides is 1. The number of carbonyl (C=O) groups is 2. The van der Waals surface area contributed by atoms with Crippen LogP contribution >= 0.6 is 12.6 Å². The van der Waals surface area contributed by atoms with Crippen LogP contribution in [0, 0.1) is 0 Å². The highest BCUT2D eigenvalue weighted by molar-refractivity contribution is 7.96. The number of carbonyl (C=O) groups excluding carboxylic acids is 2. The zero-order valence-electron chi connectivity index (χ0n) is 6.33. The number of thiol groups is 1. The summed E-state index contributed by atoms with van der Waals surface area (Å²) in [6.07, 6.45) is 0.617. The Labute approximate surface area is 70.9 Å². The third-order valence-corrected chi connectivity index (χ3v) is 1.64. The van der Waals surface area contributed by atoms with E-state index in [-0.39, 0.29) is 17.6 Å². The Morgan fingerprint density at radius 1 is 1.64 bits per heavy atom. The van der Waals surface area contributed by atoms with Crippen molar-refractivity contribution in [2.24, 2.45) is 5.73 Å². The first-order valence-electron chi connectivity index (χ1n) is 3.26. The van der Waals surface area contributed by atoms with Gasteiger partial charge in [0.15, 0.2) is 0 Å². The van der Waals surface area contributed by atoms with E-state index in [4.69, 9.17) is 5.73 Å². The van der Waals surface area contributed by atoms with Gasteiger partial charge in [0.2, 0.25) is 11.0 Å². The first kappa shape index (κ1) is 10.4. The van der Waals surface area contributed by atoms with Crippen LogP contribution < -0.4 is 11.1 Å². The molecule has 0 aliphatic heterocycles. The van der Waals surface area contributed by atoms with Crippen LogP contribution in [0.5, 0.6) is 0 Å². The van der Waals surface area contributed by atoms with Gasteiger partial charge in [0.05, 0.1) is 6.04 Å². The third kappa shape index (κ3) is 4.80. The molecule has 0 saturated heterocycles. The van der Waals surface area contributed by atoms with Gasteiger partial charge in [-0.05, 0) is 13.5 Å². The lowest BCUT2D eigenvalue weighted by Gasteiger charge is -2.09. The molecule has 5 heteroatoms. The molecule has 64 valence electrons. The molecule has 0 aromatic rings. The number of nitrogens with one attached hydrogen (secondary N) is 1. The fourth-order valence-electron chi connectivity index (χ4n) is 0.678. The molecule has 4 nitrogen and oxygen atoms in total. The highest BCUT2D eigenvalue weighted by Gasteiger charge is 2.12. The van der Waals surface area contributed by atoms with Gasteiger partial charge in [-0.15, -0.1) is 12.6 Å². The lowest BCUT2D eigenvalue weighted by molar-refractivity contribution is -0.118. The standard InChI is InChI=1S/C6H12N2O2S/c1-8-4(6(10)11)2-3-5(7)9/h4,8H,2-3H2,1H3,(H2,7,9)(H,10,11)/t4-/m0/s1. The van der Waals surface area contributed by atoms with Gasteiger partial charge in [0, 0.05) is 6.42 Å². The number of nitrogens with two attached hydrogens (primary N) is 1.